The Morgan fingerprint density at radius 3 is 2.77 bits per heavy atom. The van der Waals surface area contributed by atoms with E-state index in [9.17, 15) is 24.5 Å². The van der Waals surface area contributed by atoms with Crippen molar-refractivity contribution < 1.29 is 9.72 Å². The van der Waals surface area contributed by atoms with E-state index in [1.165, 1.54) is 23.7 Å². The summed E-state index contributed by atoms with van der Waals surface area (Å²) in [6.07, 6.45) is 0.714. The van der Waals surface area contributed by atoms with Crippen LogP contribution in [0.4, 0.5) is 11.4 Å². The third-order valence-electron chi connectivity index (χ3n) is 4.19. The molecule has 0 aliphatic rings. The summed E-state index contributed by atoms with van der Waals surface area (Å²) in [6.45, 7) is 2.41. The Balaban J connectivity index is 1.82. The zero-order valence-electron chi connectivity index (χ0n) is 16.0. The van der Waals surface area contributed by atoms with E-state index in [2.05, 4.69) is 15.3 Å². The minimum Gasteiger partial charge on any atom is -0.324 e. The van der Waals surface area contributed by atoms with E-state index in [0.717, 1.165) is 17.8 Å². The highest BCUT2D eigenvalue weighted by atomic mass is 35.5. The van der Waals surface area contributed by atoms with Gasteiger partial charge in [0, 0.05) is 25.7 Å². The molecule has 0 atom stereocenters. The van der Waals surface area contributed by atoms with Gasteiger partial charge in [-0.3, -0.25) is 29.3 Å². The number of fused-ring (bicyclic) bond motifs is 1. The van der Waals surface area contributed by atoms with Crippen LogP contribution in [0.15, 0.2) is 32.9 Å². The second kappa shape index (κ2) is 8.71. The fourth-order valence-electron chi connectivity index (χ4n) is 2.79. The lowest BCUT2D eigenvalue weighted by molar-refractivity contribution is -0.384. The second-order valence-corrected chi connectivity index (χ2v) is 7.64. The van der Waals surface area contributed by atoms with Crippen molar-refractivity contribution in [3.8, 4) is 0 Å². The van der Waals surface area contributed by atoms with E-state index in [1.54, 1.807) is 4.57 Å². The number of amides is 1. The number of benzene rings is 1. The number of thioether (sulfide) groups is 1. The second-order valence-electron chi connectivity index (χ2n) is 6.29. The summed E-state index contributed by atoms with van der Waals surface area (Å²) in [7, 11) is 1.50. The van der Waals surface area contributed by atoms with Crippen LogP contribution in [0.25, 0.3) is 11.2 Å². The Kier molecular flexibility index (Phi) is 6.27. The Hall–Kier alpha value is -3.12. The first-order valence-corrected chi connectivity index (χ1v) is 10.2. The summed E-state index contributed by atoms with van der Waals surface area (Å²) in [5.74, 6) is -0.458. The van der Waals surface area contributed by atoms with Gasteiger partial charge in [-0.25, -0.2) is 9.78 Å². The van der Waals surface area contributed by atoms with E-state index in [1.807, 2.05) is 6.92 Å². The van der Waals surface area contributed by atoms with Crippen molar-refractivity contribution in [2.45, 2.75) is 25.0 Å². The number of nitrogens with zero attached hydrogens (tertiary/aromatic N) is 4. The quantitative estimate of drug-likeness (QED) is 0.317. The average Bonchev–Trinajstić information content (AvgIpc) is 3.05. The van der Waals surface area contributed by atoms with Crippen molar-refractivity contribution in [1.82, 2.24) is 19.1 Å². The van der Waals surface area contributed by atoms with Crippen molar-refractivity contribution in [2.75, 3.05) is 11.1 Å². The van der Waals surface area contributed by atoms with E-state index in [0.29, 0.717) is 18.1 Å². The molecule has 1 aromatic carbocycles. The third-order valence-corrected chi connectivity index (χ3v) is 5.48. The molecule has 2 aromatic heterocycles. The first kappa shape index (κ1) is 21.6. The predicted octanol–water partition coefficient (Wildman–Crippen LogP) is 2.13. The zero-order valence-corrected chi connectivity index (χ0v) is 17.5. The molecule has 0 fully saturated rings. The number of nitrogens with one attached hydrogen (secondary N) is 2. The summed E-state index contributed by atoms with van der Waals surface area (Å²) < 4.78 is 2.91. The van der Waals surface area contributed by atoms with Gasteiger partial charge in [0.05, 0.1) is 21.4 Å². The maximum absolute atomic E-state index is 12.3. The van der Waals surface area contributed by atoms with Gasteiger partial charge in [0.15, 0.2) is 16.3 Å². The number of carbonyl (C=O) groups is 1. The Bertz CT molecular complexity index is 1260. The fourth-order valence-corrected chi connectivity index (χ4v) is 3.84. The number of nitro groups is 1. The molecule has 0 aliphatic carbocycles. The molecule has 0 unspecified atom stereocenters. The first-order valence-electron chi connectivity index (χ1n) is 8.79. The number of carbonyl (C=O) groups excluding carboxylic acids is 1. The van der Waals surface area contributed by atoms with Gasteiger partial charge in [-0.05, 0) is 12.5 Å². The first-order chi connectivity index (χ1) is 14.2. The molecule has 3 aromatic rings. The van der Waals surface area contributed by atoms with E-state index in [4.69, 9.17) is 11.6 Å². The maximum Gasteiger partial charge on any atom is 0.329 e. The van der Waals surface area contributed by atoms with Gasteiger partial charge >= 0.3 is 5.69 Å². The lowest BCUT2D eigenvalue weighted by atomic mass is 10.3. The Labute approximate surface area is 178 Å². The minimum absolute atomic E-state index is 0.0438. The molecule has 11 nitrogen and oxygen atoms in total. The van der Waals surface area contributed by atoms with Gasteiger partial charge in [0.2, 0.25) is 5.91 Å². The molecule has 0 aliphatic heterocycles. The number of aromatic amines is 1. The van der Waals surface area contributed by atoms with Gasteiger partial charge in [-0.15, -0.1) is 0 Å². The normalized spacial score (nSPS) is 11.0. The number of aromatic nitrogens is 4. The molecule has 158 valence electrons. The number of rotatable bonds is 7. The van der Waals surface area contributed by atoms with Gasteiger partial charge in [-0.2, -0.15) is 0 Å². The van der Waals surface area contributed by atoms with Crippen molar-refractivity contribution >= 4 is 51.8 Å². The van der Waals surface area contributed by atoms with Crippen LogP contribution in [0.2, 0.25) is 5.02 Å². The van der Waals surface area contributed by atoms with Crippen LogP contribution in [-0.2, 0) is 18.4 Å². The summed E-state index contributed by atoms with van der Waals surface area (Å²) in [5.41, 5.74) is -0.553. The highest BCUT2D eigenvalue weighted by molar-refractivity contribution is 7.99. The van der Waals surface area contributed by atoms with Gasteiger partial charge in [0.1, 0.15) is 0 Å². The molecule has 13 heteroatoms. The van der Waals surface area contributed by atoms with Gasteiger partial charge in [-0.1, -0.05) is 30.3 Å². The summed E-state index contributed by atoms with van der Waals surface area (Å²) >= 11 is 7.09. The number of halogens is 1. The molecule has 2 heterocycles. The van der Waals surface area contributed by atoms with Crippen molar-refractivity contribution in [2.24, 2.45) is 7.05 Å². The molecule has 0 spiro atoms. The van der Waals surface area contributed by atoms with Gasteiger partial charge < -0.3 is 9.88 Å². The number of nitro benzene ring substituents is 1. The number of hydrogen-bond donors (Lipinski definition) is 2. The maximum atomic E-state index is 12.3. The van der Waals surface area contributed by atoms with Crippen molar-refractivity contribution in [1.29, 1.82) is 0 Å². The molecule has 1 amide bonds. The molecule has 0 saturated heterocycles. The zero-order chi connectivity index (χ0) is 22.0. The number of anilines is 1. The minimum atomic E-state index is -0.583. The fraction of sp³-hybridized carbons (Fsp3) is 0.294. The van der Waals surface area contributed by atoms with Crippen LogP contribution in [0.1, 0.15) is 13.3 Å². The van der Waals surface area contributed by atoms with Crippen LogP contribution in [0, 0.1) is 10.1 Å². The molecule has 30 heavy (non-hydrogen) atoms. The molecule has 0 radical (unpaired) electrons. The number of imidazole rings is 1. The Morgan fingerprint density at radius 1 is 1.40 bits per heavy atom. The Morgan fingerprint density at radius 2 is 2.13 bits per heavy atom. The summed E-state index contributed by atoms with van der Waals surface area (Å²) in [4.78, 5) is 53.3. The highest BCUT2D eigenvalue weighted by Crippen LogP contribution is 2.27. The third kappa shape index (κ3) is 4.24. The lowest BCUT2D eigenvalue weighted by Gasteiger charge is -2.08. The van der Waals surface area contributed by atoms with Crippen molar-refractivity contribution in [3.63, 3.8) is 0 Å². The van der Waals surface area contributed by atoms with Crippen LogP contribution in [0.3, 0.4) is 0 Å². The van der Waals surface area contributed by atoms with E-state index < -0.39 is 22.1 Å². The molecular formula is C17H17ClN6O5S. The topological polar surface area (TPSA) is 145 Å². The number of aryl methyl sites for hydroxylation is 2. The average molecular weight is 453 g/mol. The van der Waals surface area contributed by atoms with E-state index >= 15 is 0 Å². The molecule has 3 rings (SSSR count). The summed E-state index contributed by atoms with van der Waals surface area (Å²) in [5, 5.41) is 13.8. The lowest BCUT2D eigenvalue weighted by Crippen LogP contribution is -2.29. The number of non-ortho nitro benzene ring substituents is 1. The van der Waals surface area contributed by atoms with Gasteiger partial charge in [0.25, 0.3) is 11.2 Å². The SMILES string of the molecule is CCCn1c(SCC(=O)Nc2ccc([N+](=O)[O-])cc2Cl)nc2c1c(=O)[nH]c(=O)n2C. The van der Waals surface area contributed by atoms with Crippen LogP contribution >= 0.6 is 23.4 Å². The standard InChI is InChI=1S/C17H17ClN6O5S/c1-3-6-23-13-14(22(2)16(27)21-15(13)26)20-17(23)30-8-12(25)19-11-5-4-9(24(28)29)7-10(11)18/h4-5,7H,3,6,8H2,1-2H3,(H,19,25)(H,21,26,27). The molecule has 0 saturated carbocycles. The summed E-state index contributed by atoms with van der Waals surface area (Å²) in [6, 6.07) is 3.74. The molecule has 2 N–H and O–H groups in total. The van der Waals surface area contributed by atoms with Crippen LogP contribution < -0.4 is 16.6 Å². The smallest absolute Gasteiger partial charge is 0.324 e. The highest BCUT2D eigenvalue weighted by Gasteiger charge is 2.18. The van der Waals surface area contributed by atoms with Crippen LogP contribution in [-0.4, -0.2) is 35.7 Å². The molecule has 0 bridgehead atoms. The van der Waals surface area contributed by atoms with E-state index in [-0.39, 0.29) is 33.3 Å². The monoisotopic (exact) mass is 452 g/mol. The van der Waals surface area contributed by atoms with Crippen molar-refractivity contribution in [3.05, 3.63) is 54.2 Å². The number of H-pyrrole nitrogens is 1. The largest absolute Gasteiger partial charge is 0.329 e. The molecular weight excluding hydrogens is 436 g/mol. The van der Waals surface area contributed by atoms with Crippen LogP contribution in [0.5, 0.6) is 0 Å². The predicted molar refractivity (Wildman–Crippen MR) is 113 cm³/mol. The number of hydrogen-bond acceptors (Lipinski definition) is 7.